The van der Waals surface area contributed by atoms with Gasteiger partial charge in [-0.2, -0.15) is 13.2 Å². The number of alkyl halides is 3. The van der Waals surface area contributed by atoms with Gasteiger partial charge in [-0.15, -0.1) is 5.10 Å². The number of carbonyl (C=O) groups is 1. The van der Waals surface area contributed by atoms with Crippen molar-refractivity contribution in [3.63, 3.8) is 0 Å². The van der Waals surface area contributed by atoms with E-state index in [2.05, 4.69) is 25.8 Å². The van der Waals surface area contributed by atoms with Crippen LogP contribution < -0.4 is 5.32 Å². The van der Waals surface area contributed by atoms with Gasteiger partial charge in [0.15, 0.2) is 5.82 Å². The van der Waals surface area contributed by atoms with Crippen molar-refractivity contribution in [2.45, 2.75) is 23.5 Å². The maximum atomic E-state index is 12.5. The van der Waals surface area contributed by atoms with Crippen molar-refractivity contribution in [2.75, 3.05) is 5.32 Å². The standard InChI is InChI=1S/C11H10ClF3N6OS/c1-5(23-10-18-19-20-21(10)2)9(22)17-8-7(12)3-6(4-16-8)11(13,14)15/h3-5H,1-2H3,(H,16,17,22)/t5-/m1/s1. The molecule has 1 atom stereocenters. The summed E-state index contributed by atoms with van der Waals surface area (Å²) >= 11 is 6.81. The Kier molecular flexibility index (Phi) is 5.09. The number of thioether (sulfide) groups is 1. The lowest BCUT2D eigenvalue weighted by Crippen LogP contribution is -2.23. The summed E-state index contributed by atoms with van der Waals surface area (Å²) in [6.45, 7) is 1.59. The van der Waals surface area contributed by atoms with Gasteiger partial charge in [0, 0.05) is 13.2 Å². The summed E-state index contributed by atoms with van der Waals surface area (Å²) in [5, 5.41) is 12.7. The minimum absolute atomic E-state index is 0.145. The van der Waals surface area contributed by atoms with E-state index in [1.165, 1.54) is 4.68 Å². The number of carbonyl (C=O) groups excluding carboxylic acids is 1. The van der Waals surface area contributed by atoms with Crippen LogP contribution in [0, 0.1) is 0 Å². The monoisotopic (exact) mass is 366 g/mol. The number of nitrogens with one attached hydrogen (secondary N) is 1. The van der Waals surface area contributed by atoms with Crippen molar-refractivity contribution in [3.8, 4) is 0 Å². The first kappa shape index (κ1) is 17.5. The second-order valence-electron chi connectivity index (χ2n) is 4.39. The van der Waals surface area contributed by atoms with Crippen LogP contribution in [0.25, 0.3) is 0 Å². The Morgan fingerprint density at radius 1 is 1.48 bits per heavy atom. The second kappa shape index (κ2) is 6.71. The predicted molar refractivity (Wildman–Crippen MR) is 77.0 cm³/mol. The highest BCUT2D eigenvalue weighted by Gasteiger charge is 2.32. The minimum atomic E-state index is -4.56. The molecule has 0 aromatic carbocycles. The zero-order valence-corrected chi connectivity index (χ0v) is 13.4. The second-order valence-corrected chi connectivity index (χ2v) is 6.10. The fourth-order valence-corrected chi connectivity index (χ4v) is 2.40. The van der Waals surface area contributed by atoms with Gasteiger partial charge in [0.2, 0.25) is 11.1 Å². The van der Waals surface area contributed by atoms with Crippen LogP contribution in [-0.2, 0) is 18.0 Å². The molecule has 0 fully saturated rings. The number of anilines is 1. The highest BCUT2D eigenvalue weighted by atomic mass is 35.5. The highest BCUT2D eigenvalue weighted by Crippen LogP contribution is 2.32. The molecule has 124 valence electrons. The van der Waals surface area contributed by atoms with Gasteiger partial charge in [0.05, 0.1) is 15.8 Å². The van der Waals surface area contributed by atoms with Gasteiger partial charge in [-0.1, -0.05) is 23.4 Å². The van der Waals surface area contributed by atoms with Gasteiger partial charge in [0.25, 0.3) is 0 Å². The van der Waals surface area contributed by atoms with Gasteiger partial charge < -0.3 is 5.32 Å². The van der Waals surface area contributed by atoms with E-state index >= 15 is 0 Å². The van der Waals surface area contributed by atoms with Crippen LogP contribution in [0.2, 0.25) is 5.02 Å². The molecule has 7 nitrogen and oxygen atoms in total. The average molecular weight is 367 g/mol. The lowest BCUT2D eigenvalue weighted by molar-refractivity contribution is -0.137. The molecule has 0 unspecified atom stereocenters. The molecule has 0 bridgehead atoms. The minimum Gasteiger partial charge on any atom is -0.308 e. The summed E-state index contributed by atoms with van der Waals surface area (Å²) < 4.78 is 39.0. The number of amides is 1. The van der Waals surface area contributed by atoms with Crippen LogP contribution in [0.3, 0.4) is 0 Å². The molecule has 0 aliphatic heterocycles. The predicted octanol–water partition coefficient (Wildman–Crippen LogP) is 2.40. The van der Waals surface area contributed by atoms with E-state index in [4.69, 9.17) is 11.6 Å². The van der Waals surface area contributed by atoms with E-state index < -0.39 is 22.9 Å². The van der Waals surface area contributed by atoms with Gasteiger partial charge in [0.1, 0.15) is 0 Å². The van der Waals surface area contributed by atoms with Gasteiger partial charge in [-0.25, -0.2) is 9.67 Å². The lowest BCUT2D eigenvalue weighted by Gasteiger charge is -2.12. The van der Waals surface area contributed by atoms with Crippen molar-refractivity contribution in [2.24, 2.45) is 7.05 Å². The summed E-state index contributed by atoms with van der Waals surface area (Å²) in [4.78, 5) is 15.6. The van der Waals surface area contributed by atoms with Crippen LogP contribution in [0.15, 0.2) is 17.4 Å². The van der Waals surface area contributed by atoms with Gasteiger partial charge >= 0.3 is 6.18 Å². The Morgan fingerprint density at radius 2 is 2.17 bits per heavy atom. The van der Waals surface area contributed by atoms with E-state index in [9.17, 15) is 18.0 Å². The van der Waals surface area contributed by atoms with Crippen LogP contribution in [0.4, 0.5) is 19.0 Å². The largest absolute Gasteiger partial charge is 0.417 e. The average Bonchev–Trinajstić information content (AvgIpc) is 2.85. The molecule has 0 saturated heterocycles. The number of hydrogen-bond acceptors (Lipinski definition) is 6. The number of aromatic nitrogens is 5. The molecule has 23 heavy (non-hydrogen) atoms. The lowest BCUT2D eigenvalue weighted by atomic mass is 10.2. The van der Waals surface area contributed by atoms with Gasteiger partial charge in [-0.05, 0) is 23.4 Å². The number of tetrazole rings is 1. The Bertz CT molecular complexity index is 722. The van der Waals surface area contributed by atoms with Crippen molar-refractivity contribution in [1.29, 1.82) is 0 Å². The maximum absolute atomic E-state index is 12.5. The molecule has 2 heterocycles. The molecule has 2 aromatic heterocycles. The smallest absolute Gasteiger partial charge is 0.308 e. The van der Waals surface area contributed by atoms with Crippen LogP contribution in [0.5, 0.6) is 0 Å². The summed E-state index contributed by atoms with van der Waals surface area (Å²) in [5.74, 6) is -0.639. The van der Waals surface area contributed by atoms with E-state index in [0.29, 0.717) is 17.4 Å². The Labute approximate surface area is 137 Å². The van der Waals surface area contributed by atoms with Crippen molar-refractivity contribution < 1.29 is 18.0 Å². The fraction of sp³-hybridized carbons (Fsp3) is 0.364. The third-order valence-corrected chi connectivity index (χ3v) is 4.06. The first-order chi connectivity index (χ1) is 10.7. The molecule has 0 spiro atoms. The number of aryl methyl sites for hydroxylation is 1. The summed E-state index contributed by atoms with van der Waals surface area (Å²) in [5.41, 5.74) is -0.993. The Morgan fingerprint density at radius 3 is 2.70 bits per heavy atom. The topological polar surface area (TPSA) is 85.6 Å². The van der Waals surface area contributed by atoms with E-state index in [0.717, 1.165) is 11.8 Å². The molecule has 0 radical (unpaired) electrons. The molecule has 2 rings (SSSR count). The van der Waals surface area contributed by atoms with Crippen LogP contribution >= 0.6 is 23.4 Å². The summed E-state index contributed by atoms with van der Waals surface area (Å²) in [7, 11) is 1.61. The highest BCUT2D eigenvalue weighted by molar-refractivity contribution is 8.00. The third kappa shape index (κ3) is 4.32. The Hall–Kier alpha value is -1.88. The van der Waals surface area contributed by atoms with Crippen molar-refractivity contribution in [3.05, 3.63) is 22.8 Å². The fourth-order valence-electron chi connectivity index (χ4n) is 1.44. The van der Waals surface area contributed by atoms with E-state index in [1.807, 2.05) is 0 Å². The number of rotatable bonds is 4. The molecule has 0 aliphatic rings. The molecular formula is C11H10ClF3N6OS. The zero-order valence-electron chi connectivity index (χ0n) is 11.8. The third-order valence-electron chi connectivity index (χ3n) is 2.64. The normalized spacial score (nSPS) is 13.0. The van der Waals surface area contributed by atoms with Crippen LogP contribution in [0.1, 0.15) is 12.5 Å². The molecule has 1 amide bonds. The SMILES string of the molecule is C[C@@H](Sc1nnnn1C)C(=O)Nc1ncc(C(F)(F)F)cc1Cl. The molecule has 12 heteroatoms. The van der Waals surface area contributed by atoms with Crippen molar-refractivity contribution >= 4 is 35.1 Å². The molecule has 0 saturated carbocycles. The summed E-state index contributed by atoms with van der Waals surface area (Å²) in [6, 6.07) is 0.703. The zero-order chi connectivity index (χ0) is 17.2. The summed E-state index contributed by atoms with van der Waals surface area (Å²) in [6.07, 6.45) is -3.95. The molecule has 2 aromatic rings. The molecule has 1 N–H and O–H groups in total. The first-order valence-electron chi connectivity index (χ1n) is 6.11. The van der Waals surface area contributed by atoms with Crippen molar-refractivity contribution in [1.82, 2.24) is 25.2 Å². The first-order valence-corrected chi connectivity index (χ1v) is 7.37. The quantitative estimate of drug-likeness (QED) is 0.836. The van der Waals surface area contributed by atoms with Gasteiger partial charge in [-0.3, -0.25) is 4.79 Å². The Balaban J connectivity index is 2.06. The number of nitrogens with zero attached hydrogens (tertiary/aromatic N) is 5. The van der Waals surface area contributed by atoms with Crippen LogP contribution in [-0.4, -0.2) is 36.3 Å². The number of hydrogen-bond donors (Lipinski definition) is 1. The van der Waals surface area contributed by atoms with E-state index in [-0.39, 0.29) is 10.8 Å². The molecular weight excluding hydrogens is 357 g/mol. The maximum Gasteiger partial charge on any atom is 0.417 e. The number of halogens is 4. The van der Waals surface area contributed by atoms with E-state index in [1.54, 1.807) is 14.0 Å². The molecule has 0 aliphatic carbocycles. The number of pyridine rings is 1.